The number of halogens is 3. The van der Waals surface area contributed by atoms with Crippen molar-refractivity contribution >= 4 is 33.2 Å². The summed E-state index contributed by atoms with van der Waals surface area (Å²) in [5.74, 6) is -6.28. The Labute approximate surface area is 195 Å². The molecule has 0 aromatic heterocycles. The van der Waals surface area contributed by atoms with E-state index in [4.69, 9.17) is 0 Å². The monoisotopic (exact) mass is 498 g/mol. The average molecular weight is 499 g/mol. The van der Waals surface area contributed by atoms with E-state index in [1.165, 1.54) is 26.2 Å². The van der Waals surface area contributed by atoms with E-state index in [1.807, 2.05) is 4.90 Å². The van der Waals surface area contributed by atoms with Crippen molar-refractivity contribution in [3.63, 3.8) is 0 Å². The number of hydrogen-bond acceptors (Lipinski definition) is 5. The van der Waals surface area contributed by atoms with Crippen LogP contribution in [0.25, 0.3) is 0 Å². The molecule has 0 radical (unpaired) electrons. The molecule has 0 atom stereocenters. The highest BCUT2D eigenvalue weighted by Crippen LogP contribution is 2.28. The van der Waals surface area contributed by atoms with Gasteiger partial charge in [0.15, 0.2) is 17.5 Å². The van der Waals surface area contributed by atoms with Gasteiger partial charge in [0.1, 0.15) is 0 Å². The van der Waals surface area contributed by atoms with Crippen LogP contribution in [0.2, 0.25) is 0 Å². The van der Waals surface area contributed by atoms with Gasteiger partial charge < -0.3 is 15.5 Å². The summed E-state index contributed by atoms with van der Waals surface area (Å²) in [7, 11) is -1.08. The van der Waals surface area contributed by atoms with E-state index < -0.39 is 51.5 Å². The molecule has 34 heavy (non-hydrogen) atoms. The third-order valence-electron chi connectivity index (χ3n) is 5.41. The Hall–Kier alpha value is -3.12. The lowest BCUT2D eigenvalue weighted by molar-refractivity contribution is -0.115. The summed E-state index contributed by atoms with van der Waals surface area (Å²) >= 11 is 0. The third kappa shape index (κ3) is 5.50. The number of piperidine rings is 1. The standard InChI is InChI=1S/C22H25F3N4O4S/c1-28(2)34(32,33)14-6-9-18(29-10-4-3-5-11-29)15(12-14)22(31)26-13-19(30)27-17-8-7-16(23)20(24)21(17)25/h6-9,12H,3-5,10-11,13H2,1-2H3,(H,26,31)(H,27,30). The lowest BCUT2D eigenvalue weighted by Crippen LogP contribution is -2.36. The second kappa shape index (κ2) is 10.4. The summed E-state index contributed by atoms with van der Waals surface area (Å²) in [6.45, 7) is 0.771. The number of nitrogens with one attached hydrogen (secondary N) is 2. The van der Waals surface area contributed by atoms with E-state index in [9.17, 15) is 31.2 Å². The normalized spacial score (nSPS) is 14.2. The van der Waals surface area contributed by atoms with Crippen LogP contribution in [-0.2, 0) is 14.8 Å². The number of hydrogen-bond donors (Lipinski definition) is 2. The third-order valence-corrected chi connectivity index (χ3v) is 7.22. The maximum absolute atomic E-state index is 13.8. The summed E-state index contributed by atoms with van der Waals surface area (Å²) in [6.07, 6.45) is 2.88. The Morgan fingerprint density at radius 2 is 1.68 bits per heavy atom. The summed E-state index contributed by atoms with van der Waals surface area (Å²) < 4.78 is 66.4. The van der Waals surface area contributed by atoms with Crippen molar-refractivity contribution in [2.75, 3.05) is 43.9 Å². The number of carbonyl (C=O) groups is 2. The number of carbonyl (C=O) groups excluding carboxylic acids is 2. The minimum absolute atomic E-state index is 0.0663. The van der Waals surface area contributed by atoms with Gasteiger partial charge in [0.2, 0.25) is 15.9 Å². The van der Waals surface area contributed by atoms with E-state index in [2.05, 4.69) is 10.6 Å². The van der Waals surface area contributed by atoms with Crippen molar-refractivity contribution in [2.24, 2.45) is 0 Å². The van der Waals surface area contributed by atoms with Crippen molar-refractivity contribution in [1.82, 2.24) is 9.62 Å². The highest BCUT2D eigenvalue weighted by molar-refractivity contribution is 7.89. The van der Waals surface area contributed by atoms with Crippen molar-refractivity contribution in [3.05, 3.63) is 53.3 Å². The Balaban J connectivity index is 1.81. The van der Waals surface area contributed by atoms with Crippen LogP contribution in [0.15, 0.2) is 35.2 Å². The van der Waals surface area contributed by atoms with Crippen LogP contribution in [0.3, 0.4) is 0 Å². The highest BCUT2D eigenvalue weighted by Gasteiger charge is 2.24. The minimum Gasteiger partial charge on any atom is -0.371 e. The fourth-order valence-corrected chi connectivity index (χ4v) is 4.48. The van der Waals surface area contributed by atoms with E-state index in [0.29, 0.717) is 24.8 Å². The van der Waals surface area contributed by atoms with Crippen LogP contribution in [0, 0.1) is 17.5 Å². The molecule has 3 rings (SSSR count). The number of anilines is 2. The molecular formula is C22H25F3N4O4S. The van der Waals surface area contributed by atoms with Gasteiger partial charge in [-0.15, -0.1) is 0 Å². The van der Waals surface area contributed by atoms with Crippen molar-refractivity contribution in [2.45, 2.75) is 24.2 Å². The van der Waals surface area contributed by atoms with Crippen molar-refractivity contribution in [1.29, 1.82) is 0 Å². The van der Waals surface area contributed by atoms with Gasteiger partial charge in [-0.3, -0.25) is 9.59 Å². The van der Waals surface area contributed by atoms with Crippen LogP contribution in [0.5, 0.6) is 0 Å². The molecule has 1 heterocycles. The molecule has 184 valence electrons. The molecule has 0 unspecified atom stereocenters. The topological polar surface area (TPSA) is 98.8 Å². The second-order valence-electron chi connectivity index (χ2n) is 7.97. The molecule has 2 aromatic rings. The van der Waals surface area contributed by atoms with Crippen molar-refractivity contribution in [3.8, 4) is 0 Å². The van der Waals surface area contributed by atoms with Crippen LogP contribution in [0.1, 0.15) is 29.6 Å². The zero-order valence-electron chi connectivity index (χ0n) is 18.7. The fourth-order valence-electron chi connectivity index (χ4n) is 3.55. The minimum atomic E-state index is -3.82. The zero-order chi connectivity index (χ0) is 25.0. The first-order valence-corrected chi connectivity index (χ1v) is 12.0. The molecule has 1 fully saturated rings. The maximum atomic E-state index is 13.8. The maximum Gasteiger partial charge on any atom is 0.253 e. The number of rotatable bonds is 7. The lowest BCUT2D eigenvalue weighted by Gasteiger charge is -2.30. The molecular weight excluding hydrogens is 473 g/mol. The van der Waals surface area contributed by atoms with Gasteiger partial charge in [-0.1, -0.05) is 0 Å². The van der Waals surface area contributed by atoms with Crippen molar-refractivity contribution < 1.29 is 31.2 Å². The quantitative estimate of drug-likeness (QED) is 0.572. The van der Waals surface area contributed by atoms with Crippen LogP contribution in [0.4, 0.5) is 24.5 Å². The van der Waals surface area contributed by atoms with Crippen LogP contribution in [-0.4, -0.2) is 58.3 Å². The molecule has 0 bridgehead atoms. The Bertz CT molecular complexity index is 1200. The Kier molecular flexibility index (Phi) is 7.82. The average Bonchev–Trinajstić information content (AvgIpc) is 2.83. The van der Waals surface area contributed by atoms with Crippen LogP contribution >= 0.6 is 0 Å². The number of benzene rings is 2. The molecule has 1 saturated heterocycles. The van der Waals surface area contributed by atoms with Gasteiger partial charge >= 0.3 is 0 Å². The highest BCUT2D eigenvalue weighted by atomic mass is 32.2. The number of nitrogens with zero attached hydrogens (tertiary/aromatic N) is 2. The first-order valence-electron chi connectivity index (χ1n) is 10.6. The Morgan fingerprint density at radius 3 is 2.32 bits per heavy atom. The van der Waals surface area contributed by atoms with Gasteiger partial charge in [0.25, 0.3) is 5.91 Å². The molecule has 2 aromatic carbocycles. The summed E-state index contributed by atoms with van der Waals surface area (Å²) in [6, 6.07) is 5.76. The van der Waals surface area contributed by atoms with E-state index in [-0.39, 0.29) is 10.5 Å². The molecule has 2 N–H and O–H groups in total. The predicted octanol–water partition coefficient (Wildman–Crippen LogP) is 2.71. The lowest BCUT2D eigenvalue weighted by atomic mass is 10.1. The summed E-state index contributed by atoms with van der Waals surface area (Å²) in [5, 5.41) is 4.44. The molecule has 2 amide bonds. The van der Waals surface area contributed by atoms with E-state index in [0.717, 1.165) is 29.6 Å². The van der Waals surface area contributed by atoms with Gasteiger partial charge in [0, 0.05) is 32.9 Å². The fraction of sp³-hybridized carbons (Fsp3) is 0.364. The number of sulfonamides is 1. The zero-order valence-corrected chi connectivity index (χ0v) is 19.5. The SMILES string of the molecule is CN(C)S(=O)(=O)c1ccc(N2CCCCC2)c(C(=O)NCC(=O)Nc2ccc(F)c(F)c2F)c1. The molecule has 8 nitrogen and oxygen atoms in total. The molecule has 0 spiro atoms. The number of amides is 2. The summed E-state index contributed by atoms with van der Waals surface area (Å²) in [4.78, 5) is 27.0. The summed E-state index contributed by atoms with van der Waals surface area (Å²) in [5.41, 5.74) is 0.0184. The van der Waals surface area contributed by atoms with Gasteiger partial charge in [-0.05, 0) is 49.6 Å². The molecule has 1 aliphatic heterocycles. The first kappa shape index (κ1) is 25.5. The van der Waals surface area contributed by atoms with Crippen LogP contribution < -0.4 is 15.5 Å². The predicted molar refractivity (Wildman–Crippen MR) is 121 cm³/mol. The smallest absolute Gasteiger partial charge is 0.253 e. The van der Waals surface area contributed by atoms with E-state index >= 15 is 0 Å². The largest absolute Gasteiger partial charge is 0.371 e. The molecule has 0 saturated carbocycles. The first-order chi connectivity index (χ1) is 16.0. The molecule has 1 aliphatic rings. The van der Waals surface area contributed by atoms with Gasteiger partial charge in [-0.25, -0.2) is 25.9 Å². The second-order valence-corrected chi connectivity index (χ2v) is 10.1. The molecule has 0 aliphatic carbocycles. The van der Waals surface area contributed by atoms with E-state index in [1.54, 1.807) is 6.07 Å². The molecule has 12 heteroatoms. The van der Waals surface area contributed by atoms with Gasteiger partial charge in [0.05, 0.1) is 22.7 Å². The Morgan fingerprint density at radius 1 is 1.00 bits per heavy atom. The van der Waals surface area contributed by atoms with Gasteiger partial charge in [-0.2, -0.15) is 0 Å².